The van der Waals surface area contributed by atoms with E-state index >= 15 is 0 Å². The summed E-state index contributed by atoms with van der Waals surface area (Å²) in [5, 5.41) is 12.0. The number of rotatable bonds is 3. The Labute approximate surface area is 287 Å². The van der Waals surface area contributed by atoms with Gasteiger partial charge in [0, 0.05) is 21.5 Å². The highest BCUT2D eigenvalue weighted by atomic mass is 16.3. The molecule has 2 aromatic heterocycles. The fourth-order valence-corrected chi connectivity index (χ4v) is 8.19. The Kier molecular flexibility index (Phi) is 5.70. The van der Waals surface area contributed by atoms with Crippen LogP contribution in [0.5, 0.6) is 0 Å². The molecule has 0 aliphatic heterocycles. The average Bonchev–Trinajstić information content (AvgIpc) is 3.74. The van der Waals surface area contributed by atoms with Gasteiger partial charge in [0.05, 0.1) is 0 Å². The summed E-state index contributed by atoms with van der Waals surface area (Å²) >= 11 is 0. The van der Waals surface area contributed by atoms with Crippen LogP contribution < -0.4 is 0 Å². The van der Waals surface area contributed by atoms with Gasteiger partial charge in [-0.05, 0) is 102 Å². The summed E-state index contributed by atoms with van der Waals surface area (Å²) in [6.45, 7) is 0. The molecule has 0 saturated heterocycles. The first-order chi connectivity index (χ1) is 24.8. The molecule has 11 rings (SSSR count). The molecule has 2 heterocycles. The Balaban J connectivity index is 1.05. The van der Waals surface area contributed by atoms with E-state index in [2.05, 4.69) is 146 Å². The minimum absolute atomic E-state index is 0.873. The van der Waals surface area contributed by atoms with Gasteiger partial charge in [-0.3, -0.25) is 0 Å². The molecular formula is C48H28O2. The van der Waals surface area contributed by atoms with Crippen molar-refractivity contribution in [2.24, 2.45) is 0 Å². The topological polar surface area (TPSA) is 26.3 Å². The van der Waals surface area contributed by atoms with Crippen LogP contribution in [0.3, 0.4) is 0 Å². The van der Waals surface area contributed by atoms with Crippen LogP contribution in [0, 0.1) is 0 Å². The maximum atomic E-state index is 6.46. The van der Waals surface area contributed by atoms with Gasteiger partial charge in [0.25, 0.3) is 0 Å². The lowest BCUT2D eigenvalue weighted by Gasteiger charge is -2.18. The van der Waals surface area contributed by atoms with Crippen LogP contribution in [0.15, 0.2) is 179 Å². The molecule has 2 nitrogen and oxygen atoms in total. The van der Waals surface area contributed by atoms with Crippen molar-refractivity contribution in [3.05, 3.63) is 170 Å². The Bertz CT molecular complexity index is 3080. The lowest BCUT2D eigenvalue weighted by atomic mass is 9.85. The molecule has 2 heteroatoms. The fourth-order valence-electron chi connectivity index (χ4n) is 8.19. The maximum absolute atomic E-state index is 6.46. The largest absolute Gasteiger partial charge is 0.456 e. The summed E-state index contributed by atoms with van der Waals surface area (Å²) in [6.07, 6.45) is 0. The van der Waals surface area contributed by atoms with Crippen molar-refractivity contribution in [3.8, 4) is 33.4 Å². The van der Waals surface area contributed by atoms with E-state index in [9.17, 15) is 0 Å². The molecule has 232 valence electrons. The van der Waals surface area contributed by atoms with E-state index in [1.165, 1.54) is 54.6 Å². The zero-order valence-corrected chi connectivity index (χ0v) is 27.0. The summed E-state index contributed by atoms with van der Waals surface area (Å²) in [5.74, 6) is 0. The predicted octanol–water partition coefficient (Wildman–Crippen LogP) is 13.9. The highest BCUT2D eigenvalue weighted by Gasteiger charge is 2.18. The van der Waals surface area contributed by atoms with Crippen LogP contribution in [0.4, 0.5) is 0 Å². The summed E-state index contributed by atoms with van der Waals surface area (Å²) in [5.41, 5.74) is 10.8. The first kappa shape index (κ1) is 27.3. The molecule has 0 radical (unpaired) electrons. The predicted molar refractivity (Wildman–Crippen MR) is 210 cm³/mol. The average molecular weight is 637 g/mol. The molecule has 0 amide bonds. The number of hydrogen-bond donors (Lipinski definition) is 0. The highest BCUT2D eigenvalue weighted by molar-refractivity contribution is 6.26. The zero-order valence-electron chi connectivity index (χ0n) is 27.0. The Morgan fingerprint density at radius 3 is 1.42 bits per heavy atom. The number of para-hydroxylation sites is 1. The van der Waals surface area contributed by atoms with Crippen LogP contribution in [0.1, 0.15) is 0 Å². The molecule has 0 aliphatic carbocycles. The van der Waals surface area contributed by atoms with Gasteiger partial charge in [0.2, 0.25) is 0 Å². The highest BCUT2D eigenvalue weighted by Crippen LogP contribution is 2.45. The normalized spacial score (nSPS) is 12.0. The van der Waals surface area contributed by atoms with Crippen molar-refractivity contribution < 1.29 is 8.83 Å². The third-order valence-corrected chi connectivity index (χ3v) is 10.5. The summed E-state index contributed by atoms with van der Waals surface area (Å²) in [7, 11) is 0. The van der Waals surface area contributed by atoms with E-state index in [1.54, 1.807) is 0 Å². The Morgan fingerprint density at radius 1 is 0.260 bits per heavy atom. The molecule has 0 bridgehead atoms. The van der Waals surface area contributed by atoms with Crippen molar-refractivity contribution in [3.63, 3.8) is 0 Å². The van der Waals surface area contributed by atoms with Crippen molar-refractivity contribution in [1.29, 1.82) is 0 Å². The molecule has 0 spiro atoms. The minimum Gasteiger partial charge on any atom is -0.456 e. The second-order valence-electron chi connectivity index (χ2n) is 13.2. The van der Waals surface area contributed by atoms with Gasteiger partial charge in [0.1, 0.15) is 22.3 Å². The van der Waals surface area contributed by atoms with Crippen molar-refractivity contribution in [1.82, 2.24) is 0 Å². The van der Waals surface area contributed by atoms with E-state index in [1.807, 2.05) is 24.3 Å². The zero-order chi connectivity index (χ0) is 32.8. The molecular weight excluding hydrogens is 609 g/mol. The number of benzene rings is 9. The smallest absolute Gasteiger partial charge is 0.136 e. The molecule has 0 aliphatic rings. The summed E-state index contributed by atoms with van der Waals surface area (Å²) in [6, 6.07) is 61.0. The van der Waals surface area contributed by atoms with Crippen LogP contribution in [-0.4, -0.2) is 0 Å². The van der Waals surface area contributed by atoms with E-state index < -0.39 is 0 Å². The Hall–Kier alpha value is -6.64. The minimum atomic E-state index is 0.873. The monoisotopic (exact) mass is 636 g/mol. The maximum Gasteiger partial charge on any atom is 0.136 e. The van der Waals surface area contributed by atoms with Crippen molar-refractivity contribution in [2.45, 2.75) is 0 Å². The standard InChI is InChI=1S/C48H28O2/c1-2-10-32-27-34(22-19-29(32)9-1)46-37-13-5-3-11-35(37)45(36-12-4-6-14-38(36)46)31-20-17-30(18-21-31)33-23-24-40-44(28-33)50-43-26-25-42-47(48(40)43)39-15-7-8-16-41(39)49-42/h1-28H. The fraction of sp³-hybridized carbons (Fsp3) is 0. The van der Waals surface area contributed by atoms with Crippen LogP contribution in [0.2, 0.25) is 0 Å². The van der Waals surface area contributed by atoms with Crippen molar-refractivity contribution >= 4 is 76.2 Å². The van der Waals surface area contributed by atoms with Crippen LogP contribution >= 0.6 is 0 Å². The second kappa shape index (κ2) is 10.4. The third-order valence-electron chi connectivity index (χ3n) is 10.5. The van der Waals surface area contributed by atoms with Gasteiger partial charge in [-0.1, -0.05) is 133 Å². The van der Waals surface area contributed by atoms with Crippen molar-refractivity contribution in [2.75, 3.05) is 0 Å². The van der Waals surface area contributed by atoms with E-state index in [-0.39, 0.29) is 0 Å². The van der Waals surface area contributed by atoms with E-state index in [0.717, 1.165) is 55.0 Å². The van der Waals surface area contributed by atoms with Crippen LogP contribution in [-0.2, 0) is 0 Å². The SMILES string of the molecule is c1ccc2cc(-c3c4ccccc4c(-c4ccc(-c5ccc6c(c5)oc5ccc7oc8ccccc8c7c56)cc4)c4ccccc34)ccc2c1. The number of furan rings is 2. The molecule has 0 N–H and O–H groups in total. The molecule has 0 atom stereocenters. The Morgan fingerprint density at radius 2 is 0.740 bits per heavy atom. The molecule has 11 aromatic rings. The van der Waals surface area contributed by atoms with Gasteiger partial charge >= 0.3 is 0 Å². The molecule has 0 fully saturated rings. The summed E-state index contributed by atoms with van der Waals surface area (Å²) in [4.78, 5) is 0. The summed E-state index contributed by atoms with van der Waals surface area (Å²) < 4.78 is 12.6. The van der Waals surface area contributed by atoms with Gasteiger partial charge < -0.3 is 8.83 Å². The lowest BCUT2D eigenvalue weighted by molar-refractivity contribution is 0.663. The molecule has 50 heavy (non-hydrogen) atoms. The lowest BCUT2D eigenvalue weighted by Crippen LogP contribution is -1.91. The number of fused-ring (bicyclic) bond motifs is 10. The molecule has 0 unspecified atom stereocenters. The number of hydrogen-bond acceptors (Lipinski definition) is 2. The second-order valence-corrected chi connectivity index (χ2v) is 13.2. The third kappa shape index (κ3) is 3.96. The first-order valence-corrected chi connectivity index (χ1v) is 17.1. The molecule has 0 saturated carbocycles. The molecule has 9 aromatic carbocycles. The van der Waals surface area contributed by atoms with E-state index in [4.69, 9.17) is 8.83 Å². The van der Waals surface area contributed by atoms with Gasteiger partial charge in [-0.2, -0.15) is 0 Å². The van der Waals surface area contributed by atoms with Gasteiger partial charge in [-0.15, -0.1) is 0 Å². The quantitative estimate of drug-likeness (QED) is 0.180. The van der Waals surface area contributed by atoms with Crippen LogP contribution in [0.25, 0.3) is 110 Å². The first-order valence-electron chi connectivity index (χ1n) is 17.1. The van der Waals surface area contributed by atoms with Gasteiger partial charge in [-0.25, -0.2) is 0 Å². The van der Waals surface area contributed by atoms with E-state index in [0.29, 0.717) is 0 Å². The van der Waals surface area contributed by atoms with Gasteiger partial charge in [0.15, 0.2) is 0 Å².